The van der Waals surface area contributed by atoms with Crippen molar-refractivity contribution in [2.24, 2.45) is 5.41 Å². The number of hydrogen-bond acceptors (Lipinski definition) is 1. The maximum absolute atomic E-state index is 11.7. The van der Waals surface area contributed by atoms with Crippen molar-refractivity contribution in [2.45, 2.75) is 53.5 Å². The Labute approximate surface area is 94.2 Å². The molecule has 1 N–H and O–H groups in total. The monoisotopic (exact) mass is 214 g/mol. The molecule has 0 rings (SSSR count). The molecule has 3 heteroatoms. The molecule has 0 unspecified atom stereocenters. The van der Waals surface area contributed by atoms with Crippen LogP contribution >= 0.6 is 0 Å². The Kier molecular flexibility index (Phi) is 4.63. The summed E-state index contributed by atoms with van der Waals surface area (Å²) in [6, 6.07) is 0.00625. The van der Waals surface area contributed by atoms with Crippen LogP contribution in [0.4, 0.5) is 4.79 Å². The molecule has 0 heterocycles. The van der Waals surface area contributed by atoms with Crippen molar-refractivity contribution in [3.63, 3.8) is 0 Å². The van der Waals surface area contributed by atoms with Gasteiger partial charge < -0.3 is 10.2 Å². The number of hydrogen-bond donors (Lipinski definition) is 1. The van der Waals surface area contributed by atoms with Crippen LogP contribution in [0.5, 0.6) is 0 Å². The number of nitrogens with one attached hydrogen (secondary N) is 1. The summed E-state index contributed by atoms with van der Waals surface area (Å²) >= 11 is 0. The van der Waals surface area contributed by atoms with Gasteiger partial charge in [0.05, 0.1) is 0 Å². The molecule has 0 aliphatic rings. The van der Waals surface area contributed by atoms with E-state index in [4.69, 9.17) is 0 Å². The maximum Gasteiger partial charge on any atom is 0.317 e. The summed E-state index contributed by atoms with van der Waals surface area (Å²) in [4.78, 5) is 13.4. The Balaban J connectivity index is 3.96. The Morgan fingerprint density at radius 3 is 1.93 bits per heavy atom. The quantitative estimate of drug-likeness (QED) is 0.753. The fraction of sp³-hybridized carbons (Fsp3) is 0.917. The minimum Gasteiger partial charge on any atom is -0.338 e. The fourth-order valence-electron chi connectivity index (χ4n) is 0.968. The summed E-state index contributed by atoms with van der Waals surface area (Å²) < 4.78 is 0. The van der Waals surface area contributed by atoms with Crippen molar-refractivity contribution in [1.29, 1.82) is 0 Å². The molecule has 0 aromatic carbocycles. The largest absolute Gasteiger partial charge is 0.338 e. The third kappa shape index (κ3) is 6.37. The predicted molar refractivity (Wildman–Crippen MR) is 65.0 cm³/mol. The Hall–Kier alpha value is -0.730. The molecule has 0 atom stereocenters. The van der Waals surface area contributed by atoms with Crippen molar-refractivity contribution < 1.29 is 4.79 Å². The van der Waals surface area contributed by atoms with Gasteiger partial charge in [-0.25, -0.2) is 4.79 Å². The summed E-state index contributed by atoms with van der Waals surface area (Å²) in [7, 11) is 1.83. The molecule has 0 saturated heterocycles. The van der Waals surface area contributed by atoms with Gasteiger partial charge in [0.25, 0.3) is 0 Å². The highest BCUT2D eigenvalue weighted by molar-refractivity contribution is 5.74. The number of carbonyl (C=O) groups is 1. The molecule has 2 amide bonds. The van der Waals surface area contributed by atoms with Crippen molar-refractivity contribution in [1.82, 2.24) is 10.2 Å². The van der Waals surface area contributed by atoms with E-state index in [9.17, 15) is 4.79 Å². The fourth-order valence-corrected chi connectivity index (χ4v) is 0.968. The lowest BCUT2D eigenvalue weighted by molar-refractivity contribution is 0.164. The number of rotatable bonds is 2. The standard InChI is InChI=1S/C12H26N2O/c1-11(2,3)8-9-13-10(15)14(7)12(4,5)6/h8-9H2,1-7H3,(H,13,15). The summed E-state index contributed by atoms with van der Waals surface area (Å²) in [5.41, 5.74) is 0.152. The van der Waals surface area contributed by atoms with E-state index in [1.54, 1.807) is 4.90 Å². The highest BCUT2D eigenvalue weighted by atomic mass is 16.2. The van der Waals surface area contributed by atoms with Gasteiger partial charge in [0.1, 0.15) is 0 Å². The molecule has 0 spiro atoms. The summed E-state index contributed by atoms with van der Waals surface area (Å²) in [6.45, 7) is 13.3. The second-order valence-corrected chi connectivity index (χ2v) is 6.27. The summed E-state index contributed by atoms with van der Waals surface area (Å²) in [6.07, 6.45) is 0.997. The zero-order valence-electron chi connectivity index (χ0n) is 11.3. The molecule has 0 aromatic rings. The Morgan fingerprint density at radius 2 is 1.60 bits per heavy atom. The van der Waals surface area contributed by atoms with Gasteiger partial charge in [-0.05, 0) is 32.6 Å². The van der Waals surface area contributed by atoms with E-state index in [-0.39, 0.29) is 17.0 Å². The van der Waals surface area contributed by atoms with Crippen molar-refractivity contribution in [2.75, 3.05) is 13.6 Å². The molecule has 0 fully saturated rings. The van der Waals surface area contributed by atoms with E-state index in [2.05, 4.69) is 26.1 Å². The van der Waals surface area contributed by atoms with Crippen molar-refractivity contribution in [3.8, 4) is 0 Å². The second-order valence-electron chi connectivity index (χ2n) is 6.27. The van der Waals surface area contributed by atoms with E-state index >= 15 is 0 Å². The first-order valence-electron chi connectivity index (χ1n) is 5.56. The van der Waals surface area contributed by atoms with E-state index in [0.717, 1.165) is 13.0 Å². The average Bonchev–Trinajstić information content (AvgIpc) is 1.98. The van der Waals surface area contributed by atoms with Gasteiger partial charge in [0, 0.05) is 19.1 Å². The van der Waals surface area contributed by atoms with Crippen molar-refractivity contribution in [3.05, 3.63) is 0 Å². The topological polar surface area (TPSA) is 32.3 Å². The van der Waals surface area contributed by atoms with Crippen LogP contribution in [0.15, 0.2) is 0 Å². The number of nitrogens with zero attached hydrogens (tertiary/aromatic N) is 1. The van der Waals surface area contributed by atoms with Gasteiger partial charge in [-0.3, -0.25) is 0 Å². The highest BCUT2D eigenvalue weighted by Gasteiger charge is 2.22. The van der Waals surface area contributed by atoms with E-state index in [0.29, 0.717) is 0 Å². The van der Waals surface area contributed by atoms with Crippen LogP contribution in [0.1, 0.15) is 48.0 Å². The number of carbonyl (C=O) groups excluding carboxylic acids is 1. The normalized spacial score (nSPS) is 12.5. The van der Waals surface area contributed by atoms with Crippen LogP contribution in [0, 0.1) is 5.41 Å². The molecule has 0 bridgehead atoms. The van der Waals surface area contributed by atoms with Crippen LogP contribution in [0.3, 0.4) is 0 Å². The lowest BCUT2D eigenvalue weighted by Crippen LogP contribution is -2.48. The minimum absolute atomic E-state index is 0.00625. The van der Waals surface area contributed by atoms with E-state index in [1.165, 1.54) is 0 Å². The zero-order chi connectivity index (χ0) is 12.3. The van der Waals surface area contributed by atoms with Crippen LogP contribution in [-0.4, -0.2) is 30.1 Å². The first-order valence-corrected chi connectivity index (χ1v) is 5.56. The highest BCUT2D eigenvalue weighted by Crippen LogP contribution is 2.17. The first-order chi connectivity index (χ1) is 6.54. The molecular weight excluding hydrogens is 188 g/mol. The van der Waals surface area contributed by atoms with Gasteiger partial charge >= 0.3 is 6.03 Å². The van der Waals surface area contributed by atoms with Crippen molar-refractivity contribution >= 4 is 6.03 Å². The number of urea groups is 1. The molecule has 15 heavy (non-hydrogen) atoms. The smallest absolute Gasteiger partial charge is 0.317 e. The third-order valence-corrected chi connectivity index (χ3v) is 2.46. The molecule has 0 aliphatic carbocycles. The van der Waals surface area contributed by atoms with Gasteiger partial charge in [-0.15, -0.1) is 0 Å². The molecule has 0 aliphatic heterocycles. The first kappa shape index (κ1) is 14.3. The van der Waals surface area contributed by atoms with E-state index in [1.807, 2.05) is 27.8 Å². The van der Waals surface area contributed by atoms with Crippen LogP contribution in [0.25, 0.3) is 0 Å². The molecule has 0 radical (unpaired) electrons. The van der Waals surface area contributed by atoms with E-state index < -0.39 is 0 Å². The average molecular weight is 214 g/mol. The molecule has 0 saturated carbocycles. The predicted octanol–water partition coefficient (Wildman–Crippen LogP) is 2.86. The number of amides is 2. The van der Waals surface area contributed by atoms with Gasteiger partial charge in [0.2, 0.25) is 0 Å². The van der Waals surface area contributed by atoms with Crippen LogP contribution < -0.4 is 5.32 Å². The summed E-state index contributed by atoms with van der Waals surface area (Å²) in [5.74, 6) is 0. The van der Waals surface area contributed by atoms with Gasteiger partial charge in [0.15, 0.2) is 0 Å². The van der Waals surface area contributed by atoms with Crippen LogP contribution in [0.2, 0.25) is 0 Å². The maximum atomic E-state index is 11.7. The lowest BCUT2D eigenvalue weighted by Gasteiger charge is -2.32. The second kappa shape index (κ2) is 4.86. The molecule has 90 valence electrons. The van der Waals surface area contributed by atoms with Gasteiger partial charge in [-0.1, -0.05) is 20.8 Å². The Bertz CT molecular complexity index is 211. The van der Waals surface area contributed by atoms with Gasteiger partial charge in [-0.2, -0.15) is 0 Å². The lowest BCUT2D eigenvalue weighted by atomic mass is 9.92. The third-order valence-electron chi connectivity index (χ3n) is 2.46. The Morgan fingerprint density at radius 1 is 1.13 bits per heavy atom. The SMILES string of the molecule is CN(C(=O)NCCC(C)(C)C)C(C)(C)C. The molecule has 3 nitrogen and oxygen atoms in total. The summed E-state index contributed by atoms with van der Waals surface area (Å²) in [5, 5.41) is 2.93. The molecular formula is C12H26N2O. The minimum atomic E-state index is -0.119. The molecule has 0 aromatic heterocycles. The zero-order valence-corrected chi connectivity index (χ0v) is 11.3. The van der Waals surface area contributed by atoms with Crippen LogP contribution in [-0.2, 0) is 0 Å².